The van der Waals surface area contributed by atoms with Crippen molar-refractivity contribution in [3.05, 3.63) is 40.3 Å². The molecule has 1 saturated heterocycles. The van der Waals surface area contributed by atoms with E-state index in [-0.39, 0.29) is 16.1 Å². The van der Waals surface area contributed by atoms with Crippen molar-refractivity contribution >= 4 is 46.3 Å². The summed E-state index contributed by atoms with van der Waals surface area (Å²) in [6.07, 6.45) is 2.36. The van der Waals surface area contributed by atoms with Crippen molar-refractivity contribution in [2.24, 2.45) is 5.92 Å². The Kier molecular flexibility index (Phi) is 5.59. The Morgan fingerprint density at radius 2 is 2.17 bits per heavy atom. The summed E-state index contributed by atoms with van der Waals surface area (Å²) in [5, 5.41) is 11.5. The van der Waals surface area contributed by atoms with Crippen LogP contribution in [0.15, 0.2) is 29.2 Å². The predicted octanol–water partition coefficient (Wildman–Crippen LogP) is 2.36. The van der Waals surface area contributed by atoms with E-state index in [2.05, 4.69) is 0 Å². The van der Waals surface area contributed by atoms with Gasteiger partial charge in [0, 0.05) is 0 Å². The molecule has 2 atom stereocenters. The highest BCUT2D eigenvalue weighted by Crippen LogP contribution is 2.35. The number of aryl methyl sites for hydroxylation is 1. The van der Waals surface area contributed by atoms with Crippen molar-refractivity contribution in [1.29, 1.82) is 0 Å². The molecule has 1 aliphatic rings. The average Bonchev–Trinajstić information content (AvgIpc) is 2.75. The minimum Gasteiger partial charge on any atom is -0.548 e. The highest BCUT2D eigenvalue weighted by atomic mass is 32.2. The molecular weight excluding hydrogens is 330 g/mol. The molecule has 1 fully saturated rings. The van der Waals surface area contributed by atoms with Gasteiger partial charge in [-0.25, -0.2) is 0 Å². The summed E-state index contributed by atoms with van der Waals surface area (Å²) in [5.74, 6) is -1.87. The first-order valence-electron chi connectivity index (χ1n) is 7.39. The Bertz CT molecular complexity index is 684. The van der Waals surface area contributed by atoms with Crippen LogP contribution in [0.25, 0.3) is 6.08 Å². The fourth-order valence-electron chi connectivity index (χ4n) is 2.45. The van der Waals surface area contributed by atoms with Gasteiger partial charge in [0.05, 0.1) is 16.9 Å². The molecule has 4 nitrogen and oxygen atoms in total. The highest BCUT2D eigenvalue weighted by Gasteiger charge is 2.39. The molecule has 0 bridgehead atoms. The molecule has 0 spiro atoms. The number of hydrogen-bond acceptors (Lipinski definition) is 5. The lowest BCUT2D eigenvalue weighted by Gasteiger charge is -2.32. The van der Waals surface area contributed by atoms with Crippen molar-refractivity contribution < 1.29 is 14.7 Å². The number of carboxylic acids is 1. The number of thioether (sulfide) groups is 1. The van der Waals surface area contributed by atoms with Crippen LogP contribution >= 0.6 is 24.0 Å². The molecular formula is C17H18NO3S2-. The van der Waals surface area contributed by atoms with Crippen molar-refractivity contribution in [2.45, 2.75) is 33.2 Å². The maximum absolute atomic E-state index is 12.6. The fourth-order valence-corrected chi connectivity index (χ4v) is 3.78. The lowest BCUT2D eigenvalue weighted by molar-refractivity contribution is -0.311. The summed E-state index contributed by atoms with van der Waals surface area (Å²) < 4.78 is 0.267. The lowest BCUT2D eigenvalue weighted by atomic mass is 9.98. The van der Waals surface area contributed by atoms with Gasteiger partial charge in [0.25, 0.3) is 5.91 Å². The quantitative estimate of drug-likeness (QED) is 0.604. The summed E-state index contributed by atoms with van der Waals surface area (Å²) >= 11 is 6.37. The largest absolute Gasteiger partial charge is 0.548 e. The molecule has 0 unspecified atom stereocenters. The summed E-state index contributed by atoms with van der Waals surface area (Å²) in [5.41, 5.74) is 1.97. The van der Waals surface area contributed by atoms with Gasteiger partial charge in [0.1, 0.15) is 4.32 Å². The summed E-state index contributed by atoms with van der Waals surface area (Å²) in [6.45, 7) is 5.63. The van der Waals surface area contributed by atoms with Crippen molar-refractivity contribution in [3.63, 3.8) is 0 Å². The van der Waals surface area contributed by atoms with Gasteiger partial charge in [0.2, 0.25) is 0 Å². The van der Waals surface area contributed by atoms with Crippen LogP contribution < -0.4 is 5.11 Å². The van der Waals surface area contributed by atoms with E-state index in [0.29, 0.717) is 11.3 Å². The third-order valence-corrected chi connectivity index (χ3v) is 5.20. The van der Waals surface area contributed by atoms with Gasteiger partial charge in [-0.15, -0.1) is 0 Å². The van der Waals surface area contributed by atoms with Gasteiger partial charge in [-0.2, -0.15) is 0 Å². The van der Waals surface area contributed by atoms with Crippen LogP contribution in [0.5, 0.6) is 0 Å². The molecule has 1 aromatic carbocycles. The normalized spacial score (nSPS) is 19.3. The van der Waals surface area contributed by atoms with Gasteiger partial charge < -0.3 is 9.90 Å². The number of aliphatic carboxylic acids is 1. The smallest absolute Gasteiger partial charge is 0.266 e. The Morgan fingerprint density at radius 1 is 1.48 bits per heavy atom. The molecule has 0 aliphatic carbocycles. The van der Waals surface area contributed by atoms with Crippen molar-refractivity contribution in [3.8, 4) is 0 Å². The number of amides is 1. The van der Waals surface area contributed by atoms with Crippen LogP contribution in [-0.4, -0.2) is 27.1 Å². The second kappa shape index (κ2) is 7.27. The first-order valence-corrected chi connectivity index (χ1v) is 8.62. The van der Waals surface area contributed by atoms with Crippen molar-refractivity contribution in [2.75, 3.05) is 0 Å². The maximum Gasteiger partial charge on any atom is 0.266 e. The summed E-state index contributed by atoms with van der Waals surface area (Å²) in [6, 6.07) is 6.70. The van der Waals surface area contributed by atoms with E-state index in [1.165, 1.54) is 4.90 Å². The molecule has 1 aromatic rings. The average molecular weight is 348 g/mol. The molecule has 0 aromatic heterocycles. The third-order valence-electron chi connectivity index (χ3n) is 3.87. The van der Waals surface area contributed by atoms with Crippen molar-refractivity contribution in [1.82, 2.24) is 4.90 Å². The lowest BCUT2D eigenvalue weighted by Crippen LogP contribution is -2.53. The van der Waals surface area contributed by atoms with E-state index in [9.17, 15) is 14.7 Å². The summed E-state index contributed by atoms with van der Waals surface area (Å²) in [7, 11) is 0. The molecule has 1 aliphatic heterocycles. The second-order valence-electron chi connectivity index (χ2n) is 5.62. The second-order valence-corrected chi connectivity index (χ2v) is 7.29. The predicted molar refractivity (Wildman–Crippen MR) is 94.4 cm³/mol. The van der Waals surface area contributed by atoms with Gasteiger partial charge >= 0.3 is 0 Å². The monoisotopic (exact) mass is 348 g/mol. The van der Waals surface area contributed by atoms with Crippen LogP contribution in [0.1, 0.15) is 31.4 Å². The van der Waals surface area contributed by atoms with Gasteiger partial charge in [-0.1, -0.05) is 74.1 Å². The Hall–Kier alpha value is -1.66. The minimum absolute atomic E-state index is 0.235. The van der Waals surface area contributed by atoms with E-state index in [1.54, 1.807) is 13.0 Å². The van der Waals surface area contributed by atoms with E-state index >= 15 is 0 Å². The van der Waals surface area contributed by atoms with E-state index < -0.39 is 12.0 Å². The van der Waals surface area contributed by atoms with E-state index in [0.717, 1.165) is 22.9 Å². The number of hydrogen-bond donors (Lipinski definition) is 0. The first-order chi connectivity index (χ1) is 10.8. The van der Waals surface area contributed by atoms with Crippen LogP contribution in [0.2, 0.25) is 0 Å². The molecule has 2 rings (SSSR count). The number of thiocarbonyl (C=S) groups is 1. The van der Waals surface area contributed by atoms with Gasteiger partial charge in [0.15, 0.2) is 0 Å². The van der Waals surface area contributed by atoms with Crippen LogP contribution in [0.3, 0.4) is 0 Å². The molecule has 0 radical (unpaired) electrons. The van der Waals surface area contributed by atoms with E-state index in [4.69, 9.17) is 12.2 Å². The van der Waals surface area contributed by atoms with Crippen LogP contribution in [0, 0.1) is 12.8 Å². The number of carboxylic acid groups (broad SMARTS) is 1. The van der Waals surface area contributed by atoms with Crippen LogP contribution in [-0.2, 0) is 9.59 Å². The Morgan fingerprint density at radius 3 is 2.74 bits per heavy atom. The standard InChI is InChI=1S/C17H19NO3S2/c1-4-11(3)14(16(20)21)18-15(19)13(23-17(18)22)9-12-7-5-6-10(2)8-12/h5-9,11,14H,4H2,1-3H3,(H,20,21)/p-1/b13-9-/t11-,14+/m0/s1. The molecule has 23 heavy (non-hydrogen) atoms. The molecule has 0 N–H and O–H groups in total. The number of nitrogens with zero attached hydrogens (tertiary/aromatic N) is 1. The number of carbonyl (C=O) groups is 2. The zero-order valence-electron chi connectivity index (χ0n) is 13.2. The molecule has 0 saturated carbocycles. The SMILES string of the molecule is CC[C@H](C)[C@H](C(=O)[O-])N1C(=O)/C(=C/c2cccc(C)c2)SC1=S. The zero-order chi connectivity index (χ0) is 17.1. The van der Waals surface area contributed by atoms with E-state index in [1.807, 2.05) is 38.1 Å². The minimum atomic E-state index is -1.27. The Labute approximate surface area is 145 Å². The third kappa shape index (κ3) is 3.82. The summed E-state index contributed by atoms with van der Waals surface area (Å²) in [4.78, 5) is 25.7. The number of carbonyl (C=O) groups excluding carboxylic acids is 2. The fraction of sp³-hybridized carbons (Fsp3) is 0.353. The van der Waals surface area contributed by atoms with Gasteiger partial charge in [-0.05, 0) is 24.5 Å². The Balaban J connectivity index is 2.34. The molecule has 122 valence electrons. The maximum atomic E-state index is 12.6. The molecule has 1 heterocycles. The first kappa shape index (κ1) is 17.7. The van der Waals surface area contributed by atoms with Crippen LogP contribution in [0.4, 0.5) is 0 Å². The highest BCUT2D eigenvalue weighted by molar-refractivity contribution is 8.26. The molecule has 1 amide bonds. The van der Waals surface area contributed by atoms with Gasteiger partial charge in [-0.3, -0.25) is 9.69 Å². The number of benzene rings is 1. The number of rotatable bonds is 5. The topological polar surface area (TPSA) is 60.4 Å². The molecule has 6 heteroatoms. The zero-order valence-corrected chi connectivity index (χ0v) is 14.9.